The zero-order valence-electron chi connectivity index (χ0n) is 16.7. The molecule has 2 aromatic heterocycles. The SMILES string of the molecule is O=C1CN(c2nc3ccccc3o2)NC(=O)N1c1ccc(S(=O)(=O)Nc2ncccn2)cc1. The van der Waals surface area contributed by atoms with Crippen molar-refractivity contribution in [1.29, 1.82) is 0 Å². The predicted octanol–water partition coefficient (Wildman–Crippen LogP) is 1.90. The van der Waals surface area contributed by atoms with Gasteiger partial charge in [-0.3, -0.25) is 4.79 Å². The molecule has 1 saturated heterocycles. The lowest BCUT2D eigenvalue weighted by atomic mass is 10.3. The van der Waals surface area contributed by atoms with Gasteiger partial charge >= 0.3 is 12.0 Å². The van der Waals surface area contributed by atoms with E-state index in [1.54, 1.807) is 30.3 Å². The second kappa shape index (κ2) is 7.87. The molecular formula is C20H15N7O5S. The van der Waals surface area contributed by atoms with Crippen LogP contribution in [0.2, 0.25) is 0 Å². The number of sulfonamides is 1. The number of hydrazine groups is 1. The molecule has 12 nitrogen and oxygen atoms in total. The van der Waals surface area contributed by atoms with Crippen LogP contribution in [0.5, 0.6) is 0 Å². The van der Waals surface area contributed by atoms with Gasteiger partial charge in [0.15, 0.2) is 5.58 Å². The maximum atomic E-state index is 12.7. The van der Waals surface area contributed by atoms with E-state index in [9.17, 15) is 18.0 Å². The smallest absolute Gasteiger partial charge is 0.347 e. The Morgan fingerprint density at radius 3 is 2.39 bits per heavy atom. The Bertz CT molecular complexity index is 1400. The minimum atomic E-state index is -3.95. The summed E-state index contributed by atoms with van der Waals surface area (Å²) in [6.45, 7) is -0.231. The van der Waals surface area contributed by atoms with Gasteiger partial charge in [-0.1, -0.05) is 12.1 Å². The Kier molecular flexibility index (Phi) is 4.86. The summed E-state index contributed by atoms with van der Waals surface area (Å²) in [6, 6.07) is 13.2. The van der Waals surface area contributed by atoms with Gasteiger partial charge < -0.3 is 4.42 Å². The first-order valence-corrected chi connectivity index (χ1v) is 11.1. The van der Waals surface area contributed by atoms with E-state index >= 15 is 0 Å². The first kappa shape index (κ1) is 20.4. The van der Waals surface area contributed by atoms with Crippen LogP contribution in [0.1, 0.15) is 0 Å². The summed E-state index contributed by atoms with van der Waals surface area (Å²) < 4.78 is 32.9. The van der Waals surface area contributed by atoms with Crippen LogP contribution in [-0.2, 0) is 14.8 Å². The molecule has 0 spiro atoms. The van der Waals surface area contributed by atoms with E-state index in [0.717, 1.165) is 4.90 Å². The standard InChI is InChI=1S/C20H15N7O5S/c28-17-12-26(20-23-15-4-1-2-5-16(15)32-20)24-19(29)27(17)13-6-8-14(9-7-13)33(30,31)25-18-21-10-3-11-22-18/h1-11H,12H2,(H,24,29)(H,21,22,25). The Morgan fingerprint density at radius 2 is 1.70 bits per heavy atom. The molecule has 1 aliphatic rings. The number of nitrogens with zero attached hydrogens (tertiary/aromatic N) is 5. The maximum absolute atomic E-state index is 12.7. The number of fused-ring (bicyclic) bond motifs is 1. The van der Waals surface area contributed by atoms with Gasteiger partial charge in [0.1, 0.15) is 12.1 Å². The van der Waals surface area contributed by atoms with Crippen molar-refractivity contribution in [3.8, 4) is 0 Å². The van der Waals surface area contributed by atoms with Crippen molar-refractivity contribution in [3.63, 3.8) is 0 Å². The Morgan fingerprint density at radius 1 is 0.970 bits per heavy atom. The van der Waals surface area contributed by atoms with Crippen LogP contribution in [0.4, 0.5) is 22.4 Å². The van der Waals surface area contributed by atoms with Gasteiger partial charge in [-0.15, -0.1) is 0 Å². The summed E-state index contributed by atoms with van der Waals surface area (Å²) in [7, 11) is -3.95. The first-order valence-electron chi connectivity index (χ1n) is 9.57. The summed E-state index contributed by atoms with van der Waals surface area (Å²) in [5.74, 6) is -0.626. The molecule has 0 unspecified atom stereocenters. The Labute approximate surface area is 186 Å². The fraction of sp³-hybridized carbons (Fsp3) is 0.0500. The molecule has 3 heterocycles. The normalized spacial score (nSPS) is 14.4. The van der Waals surface area contributed by atoms with Crippen LogP contribution < -0.4 is 20.1 Å². The molecule has 3 amide bonds. The molecule has 5 rings (SSSR count). The van der Waals surface area contributed by atoms with Crippen LogP contribution in [0, 0.1) is 0 Å². The van der Waals surface area contributed by atoms with Gasteiger partial charge in [-0.25, -0.2) is 43.2 Å². The predicted molar refractivity (Wildman–Crippen MR) is 117 cm³/mol. The van der Waals surface area contributed by atoms with E-state index in [4.69, 9.17) is 4.42 Å². The van der Waals surface area contributed by atoms with Crippen LogP contribution >= 0.6 is 0 Å². The number of hydrogen-bond donors (Lipinski definition) is 2. The summed E-state index contributed by atoms with van der Waals surface area (Å²) in [6.07, 6.45) is 2.80. The number of rotatable bonds is 5. The monoisotopic (exact) mass is 465 g/mol. The number of urea groups is 1. The molecule has 33 heavy (non-hydrogen) atoms. The number of nitrogens with one attached hydrogen (secondary N) is 2. The summed E-state index contributed by atoms with van der Waals surface area (Å²) in [4.78, 5) is 38.1. The van der Waals surface area contributed by atoms with Gasteiger partial charge in [-0.2, -0.15) is 4.98 Å². The third kappa shape index (κ3) is 3.92. The fourth-order valence-corrected chi connectivity index (χ4v) is 4.14. The molecule has 13 heteroatoms. The number of amides is 3. The zero-order chi connectivity index (χ0) is 23.0. The van der Waals surface area contributed by atoms with Crippen LogP contribution in [-0.4, -0.2) is 41.9 Å². The average Bonchev–Trinajstić information content (AvgIpc) is 3.24. The molecule has 2 N–H and O–H groups in total. The largest absolute Gasteiger partial charge is 0.422 e. The van der Waals surface area contributed by atoms with Crippen molar-refractivity contribution < 1.29 is 22.4 Å². The van der Waals surface area contributed by atoms with Crippen molar-refractivity contribution >= 4 is 50.7 Å². The first-order chi connectivity index (χ1) is 15.9. The number of hydrogen-bond acceptors (Lipinski definition) is 9. The summed E-state index contributed by atoms with van der Waals surface area (Å²) >= 11 is 0. The number of imide groups is 1. The summed E-state index contributed by atoms with van der Waals surface area (Å²) in [5, 5.41) is 1.21. The highest BCUT2D eigenvalue weighted by Crippen LogP contribution is 2.25. The van der Waals surface area contributed by atoms with Gasteiger partial charge in [-0.05, 0) is 42.5 Å². The minimum Gasteiger partial charge on any atom is -0.422 e. The highest BCUT2D eigenvalue weighted by Gasteiger charge is 2.34. The molecule has 1 aliphatic heterocycles. The number of aromatic nitrogens is 3. The number of oxazole rings is 1. The van der Waals surface area contributed by atoms with Crippen molar-refractivity contribution in [2.75, 3.05) is 21.2 Å². The van der Waals surface area contributed by atoms with Crippen LogP contribution in [0.15, 0.2) is 76.3 Å². The van der Waals surface area contributed by atoms with Crippen molar-refractivity contribution in [3.05, 3.63) is 67.0 Å². The van der Waals surface area contributed by atoms with Crippen molar-refractivity contribution in [1.82, 2.24) is 20.4 Å². The van der Waals surface area contributed by atoms with Crippen LogP contribution in [0.3, 0.4) is 0 Å². The molecule has 4 aromatic rings. The highest BCUT2D eigenvalue weighted by molar-refractivity contribution is 7.92. The number of para-hydroxylation sites is 2. The van der Waals surface area contributed by atoms with E-state index in [2.05, 4.69) is 25.1 Å². The average molecular weight is 465 g/mol. The van der Waals surface area contributed by atoms with Gasteiger partial charge in [0.05, 0.1) is 10.6 Å². The molecular weight excluding hydrogens is 450 g/mol. The second-order valence-corrected chi connectivity index (χ2v) is 8.55. The van der Waals surface area contributed by atoms with Gasteiger partial charge in [0.2, 0.25) is 5.95 Å². The van der Waals surface area contributed by atoms with E-state index in [-0.39, 0.29) is 29.1 Å². The second-order valence-electron chi connectivity index (χ2n) is 6.87. The van der Waals surface area contributed by atoms with Crippen molar-refractivity contribution in [2.24, 2.45) is 0 Å². The lowest BCUT2D eigenvalue weighted by molar-refractivity contribution is -0.117. The quantitative estimate of drug-likeness (QED) is 0.450. The molecule has 0 bridgehead atoms. The van der Waals surface area contributed by atoms with Gasteiger partial charge in [0, 0.05) is 12.4 Å². The Hall–Kier alpha value is -4.52. The Balaban J connectivity index is 1.33. The summed E-state index contributed by atoms with van der Waals surface area (Å²) in [5.41, 5.74) is 3.85. The maximum Gasteiger partial charge on any atom is 0.347 e. The lowest BCUT2D eigenvalue weighted by Gasteiger charge is -2.32. The molecule has 0 saturated carbocycles. The van der Waals surface area contributed by atoms with E-state index in [1.165, 1.54) is 41.7 Å². The molecule has 166 valence electrons. The minimum absolute atomic E-state index is 0.0770. The van der Waals surface area contributed by atoms with Crippen LogP contribution in [0.25, 0.3) is 11.1 Å². The number of benzene rings is 2. The fourth-order valence-electron chi connectivity index (χ4n) is 3.18. The third-order valence-corrected chi connectivity index (χ3v) is 6.03. The number of anilines is 3. The topological polar surface area (TPSA) is 151 Å². The molecule has 1 fully saturated rings. The molecule has 0 atom stereocenters. The molecule has 0 radical (unpaired) electrons. The van der Waals surface area contributed by atoms with E-state index in [1.807, 2.05) is 0 Å². The van der Waals surface area contributed by atoms with E-state index in [0.29, 0.717) is 11.1 Å². The zero-order valence-corrected chi connectivity index (χ0v) is 17.6. The highest BCUT2D eigenvalue weighted by atomic mass is 32.2. The van der Waals surface area contributed by atoms with E-state index < -0.39 is 22.0 Å². The molecule has 2 aromatic carbocycles. The molecule has 0 aliphatic carbocycles. The van der Waals surface area contributed by atoms with Crippen molar-refractivity contribution in [2.45, 2.75) is 4.90 Å². The number of carbonyl (C=O) groups excluding carboxylic acids is 2. The number of carbonyl (C=O) groups is 2. The van der Waals surface area contributed by atoms with Gasteiger partial charge in [0.25, 0.3) is 15.9 Å². The third-order valence-electron chi connectivity index (χ3n) is 4.69. The lowest BCUT2D eigenvalue weighted by Crippen LogP contribution is -2.61.